The van der Waals surface area contributed by atoms with Crippen molar-refractivity contribution in [2.45, 2.75) is 26.3 Å². The highest BCUT2D eigenvalue weighted by Crippen LogP contribution is 2.39. The lowest BCUT2D eigenvalue weighted by Crippen LogP contribution is -2.39. The minimum atomic E-state index is -0.330. The van der Waals surface area contributed by atoms with Gasteiger partial charge in [0, 0.05) is 19.0 Å². The summed E-state index contributed by atoms with van der Waals surface area (Å²) in [6, 6.07) is 18.4. The second kappa shape index (κ2) is 9.97. The summed E-state index contributed by atoms with van der Waals surface area (Å²) >= 11 is 0. The van der Waals surface area contributed by atoms with Gasteiger partial charge < -0.3 is 19.1 Å². The molecule has 0 fully saturated rings. The van der Waals surface area contributed by atoms with Gasteiger partial charge >= 0.3 is 0 Å². The molecule has 3 aromatic rings. The van der Waals surface area contributed by atoms with Crippen molar-refractivity contribution in [3.63, 3.8) is 0 Å². The Labute approximate surface area is 216 Å². The quantitative estimate of drug-likeness (QED) is 0.499. The minimum absolute atomic E-state index is 0.115. The molecular weight excluding hydrogens is 470 g/mol. The van der Waals surface area contributed by atoms with E-state index in [9.17, 15) is 9.59 Å². The summed E-state index contributed by atoms with van der Waals surface area (Å²) in [7, 11) is 3.19. The number of likely N-dealkylation sites (N-methyl/N-ethyl adjacent to an activating group) is 1. The number of rotatable bonds is 6. The molecule has 2 heterocycles. The first-order valence-electron chi connectivity index (χ1n) is 12.1. The van der Waals surface area contributed by atoms with Crippen LogP contribution in [0.3, 0.4) is 0 Å². The zero-order chi connectivity index (χ0) is 26.1. The van der Waals surface area contributed by atoms with E-state index in [2.05, 4.69) is 26.0 Å². The number of ether oxygens (including phenoxy) is 3. The third-order valence-corrected chi connectivity index (χ3v) is 6.84. The average Bonchev–Trinajstić information content (AvgIpc) is 3.57. The molecule has 8 nitrogen and oxygen atoms in total. The van der Waals surface area contributed by atoms with Crippen LogP contribution >= 0.6 is 0 Å². The number of hydrogen-bond donors (Lipinski definition) is 0. The SMILES string of the molecule is COc1ccc(C(=O)N(C)CC(=O)N2N=C(c3ccc(C)c(C)c3)CC2c2ccc3c(c2)OCO3)cc1. The van der Waals surface area contributed by atoms with Crippen molar-refractivity contribution in [1.82, 2.24) is 9.91 Å². The zero-order valence-electron chi connectivity index (χ0n) is 21.4. The van der Waals surface area contributed by atoms with E-state index >= 15 is 0 Å². The first kappa shape index (κ1) is 24.4. The van der Waals surface area contributed by atoms with Crippen LogP contribution in [-0.2, 0) is 4.79 Å². The maximum atomic E-state index is 13.6. The highest BCUT2D eigenvalue weighted by Gasteiger charge is 2.35. The zero-order valence-corrected chi connectivity index (χ0v) is 21.4. The molecule has 0 bridgehead atoms. The lowest BCUT2D eigenvalue weighted by molar-refractivity contribution is -0.133. The third kappa shape index (κ3) is 4.87. The number of amides is 2. The Balaban J connectivity index is 1.41. The van der Waals surface area contributed by atoms with Gasteiger partial charge in [-0.2, -0.15) is 5.10 Å². The summed E-state index contributed by atoms with van der Waals surface area (Å²) in [6.07, 6.45) is 0.546. The van der Waals surface area contributed by atoms with E-state index in [1.165, 1.54) is 15.5 Å². The van der Waals surface area contributed by atoms with Gasteiger partial charge in [0.2, 0.25) is 6.79 Å². The van der Waals surface area contributed by atoms with Crippen molar-refractivity contribution < 1.29 is 23.8 Å². The topological polar surface area (TPSA) is 80.7 Å². The van der Waals surface area contributed by atoms with E-state index in [1.807, 2.05) is 24.3 Å². The van der Waals surface area contributed by atoms with Gasteiger partial charge in [0.05, 0.1) is 18.9 Å². The Morgan fingerprint density at radius 2 is 1.76 bits per heavy atom. The molecule has 3 aromatic carbocycles. The van der Waals surface area contributed by atoms with E-state index < -0.39 is 0 Å². The Bertz CT molecular complexity index is 1380. The van der Waals surface area contributed by atoms with Gasteiger partial charge in [-0.3, -0.25) is 9.59 Å². The van der Waals surface area contributed by atoms with E-state index in [-0.39, 0.29) is 31.2 Å². The van der Waals surface area contributed by atoms with Gasteiger partial charge in [-0.05, 0) is 78.6 Å². The fourth-order valence-corrected chi connectivity index (χ4v) is 4.52. The van der Waals surface area contributed by atoms with Crippen molar-refractivity contribution in [2.75, 3.05) is 27.5 Å². The molecule has 1 unspecified atom stereocenters. The summed E-state index contributed by atoms with van der Waals surface area (Å²) in [5.74, 6) is 1.46. The number of hydrogen-bond acceptors (Lipinski definition) is 6. The average molecular weight is 500 g/mol. The van der Waals surface area contributed by atoms with Gasteiger partial charge in [0.15, 0.2) is 11.5 Å². The largest absolute Gasteiger partial charge is 0.497 e. The summed E-state index contributed by atoms with van der Waals surface area (Å²) in [6.45, 7) is 4.19. The molecule has 2 amide bonds. The maximum absolute atomic E-state index is 13.6. The number of fused-ring (bicyclic) bond motifs is 1. The van der Waals surface area contributed by atoms with E-state index in [1.54, 1.807) is 38.4 Å². The maximum Gasteiger partial charge on any atom is 0.262 e. The molecule has 0 saturated heterocycles. The minimum Gasteiger partial charge on any atom is -0.497 e. The van der Waals surface area contributed by atoms with Crippen molar-refractivity contribution in [1.29, 1.82) is 0 Å². The Morgan fingerprint density at radius 1 is 1.00 bits per heavy atom. The van der Waals surface area contributed by atoms with Crippen LogP contribution < -0.4 is 14.2 Å². The van der Waals surface area contributed by atoms with Crippen LogP contribution in [-0.4, -0.2) is 54.9 Å². The van der Waals surface area contributed by atoms with Crippen molar-refractivity contribution in [3.05, 3.63) is 88.5 Å². The molecule has 1 atom stereocenters. The molecule has 37 heavy (non-hydrogen) atoms. The fraction of sp³-hybridized carbons (Fsp3) is 0.276. The number of methoxy groups -OCH3 is 1. The van der Waals surface area contributed by atoms with Crippen LogP contribution in [0.5, 0.6) is 17.2 Å². The van der Waals surface area contributed by atoms with E-state index in [0.717, 1.165) is 22.4 Å². The van der Waals surface area contributed by atoms with Crippen molar-refractivity contribution in [2.24, 2.45) is 5.10 Å². The second-order valence-corrected chi connectivity index (χ2v) is 9.31. The highest BCUT2D eigenvalue weighted by atomic mass is 16.7. The number of benzene rings is 3. The molecule has 0 radical (unpaired) electrons. The molecule has 0 spiro atoms. The monoisotopic (exact) mass is 499 g/mol. The lowest BCUT2D eigenvalue weighted by atomic mass is 9.96. The summed E-state index contributed by atoms with van der Waals surface area (Å²) < 4.78 is 16.2. The van der Waals surface area contributed by atoms with Gasteiger partial charge in [-0.1, -0.05) is 18.2 Å². The molecule has 0 saturated carbocycles. The van der Waals surface area contributed by atoms with Crippen molar-refractivity contribution >= 4 is 17.5 Å². The molecule has 8 heteroatoms. The predicted octanol–water partition coefficient (Wildman–Crippen LogP) is 4.49. The Morgan fingerprint density at radius 3 is 2.49 bits per heavy atom. The molecule has 190 valence electrons. The number of carbonyl (C=O) groups excluding carboxylic acids is 2. The third-order valence-electron chi connectivity index (χ3n) is 6.84. The summed E-state index contributed by atoms with van der Waals surface area (Å²) in [5, 5.41) is 6.26. The van der Waals surface area contributed by atoms with E-state index in [0.29, 0.717) is 29.2 Å². The Hall–Kier alpha value is -4.33. The first-order valence-corrected chi connectivity index (χ1v) is 12.1. The first-order chi connectivity index (χ1) is 17.8. The van der Waals surface area contributed by atoms with E-state index in [4.69, 9.17) is 19.3 Å². The molecule has 2 aliphatic rings. The van der Waals surface area contributed by atoms with Crippen LogP contribution in [0.4, 0.5) is 0 Å². The summed E-state index contributed by atoms with van der Waals surface area (Å²) in [4.78, 5) is 27.9. The van der Waals surface area contributed by atoms with Crippen molar-refractivity contribution in [3.8, 4) is 17.2 Å². The molecule has 0 aromatic heterocycles. The fourth-order valence-electron chi connectivity index (χ4n) is 4.52. The normalized spacial score (nSPS) is 15.9. The summed E-state index contributed by atoms with van der Waals surface area (Å²) in [5.41, 5.74) is 5.53. The number of carbonyl (C=O) groups is 2. The van der Waals surface area contributed by atoms with Gasteiger partial charge in [0.25, 0.3) is 11.8 Å². The smallest absolute Gasteiger partial charge is 0.262 e. The number of aryl methyl sites for hydroxylation is 2. The number of hydrazone groups is 1. The second-order valence-electron chi connectivity index (χ2n) is 9.31. The van der Waals surface area contributed by atoms with Crippen LogP contribution in [0.1, 0.15) is 45.1 Å². The lowest BCUT2D eigenvalue weighted by Gasteiger charge is -2.25. The molecule has 0 N–H and O–H groups in total. The highest BCUT2D eigenvalue weighted by molar-refractivity contribution is 6.04. The molecule has 2 aliphatic heterocycles. The molecule has 0 aliphatic carbocycles. The number of nitrogens with zero attached hydrogens (tertiary/aromatic N) is 3. The van der Waals surface area contributed by atoms with Gasteiger partial charge in [0.1, 0.15) is 12.3 Å². The Kier molecular flexibility index (Phi) is 6.56. The predicted molar refractivity (Wildman–Crippen MR) is 139 cm³/mol. The molecular formula is C29H29N3O5. The van der Waals surface area contributed by atoms with Crippen LogP contribution in [0.15, 0.2) is 65.8 Å². The van der Waals surface area contributed by atoms with Crippen LogP contribution in [0.25, 0.3) is 0 Å². The van der Waals surface area contributed by atoms with Crippen LogP contribution in [0.2, 0.25) is 0 Å². The standard InChI is InChI=1S/C29H29N3O5/c1-18-5-6-21(13-19(18)2)24-15-25(22-9-12-26-27(14-22)37-17-36-26)32(30-24)28(33)16-31(3)29(34)20-7-10-23(35-4)11-8-20/h5-14,25H,15-17H2,1-4H3. The molecule has 5 rings (SSSR count). The van der Waals surface area contributed by atoms with Gasteiger partial charge in [-0.15, -0.1) is 0 Å². The van der Waals surface area contributed by atoms with Gasteiger partial charge in [-0.25, -0.2) is 5.01 Å². The van der Waals surface area contributed by atoms with Crippen LogP contribution in [0, 0.1) is 13.8 Å².